The Labute approximate surface area is 68.4 Å². The third kappa shape index (κ3) is 1.95. The predicted octanol–water partition coefficient (Wildman–Crippen LogP) is -0.602. The van der Waals surface area contributed by atoms with Crippen LogP contribution in [-0.2, 0) is 9.13 Å². The Morgan fingerprint density at radius 3 is 1.33 bits per heavy atom. The standard InChI is InChI=1S/C3H10O7P2/c1-2-3(4,11(5,6)7)12(8,9)10/h4H,2H2,1H3,(H2,5,6,7)(H2,8,9,10). The van der Waals surface area contributed by atoms with Crippen molar-refractivity contribution in [2.24, 2.45) is 0 Å². The molecular weight excluding hydrogens is 210 g/mol. The van der Waals surface area contributed by atoms with Crippen molar-refractivity contribution in [1.82, 2.24) is 0 Å². The molecule has 0 heterocycles. The van der Waals surface area contributed by atoms with Crippen LogP contribution in [0.5, 0.6) is 0 Å². The van der Waals surface area contributed by atoms with Gasteiger partial charge in [-0.2, -0.15) is 0 Å². The SMILES string of the molecule is CCC(O)(P(=O)(O)O)P(=O)(O)O. The van der Waals surface area contributed by atoms with Crippen molar-refractivity contribution >= 4 is 15.2 Å². The van der Waals surface area contributed by atoms with Gasteiger partial charge in [-0.3, -0.25) is 9.13 Å². The van der Waals surface area contributed by atoms with Gasteiger partial charge in [-0.25, -0.2) is 0 Å². The van der Waals surface area contributed by atoms with E-state index in [0.29, 0.717) is 0 Å². The first-order valence-corrected chi connectivity index (χ1v) is 6.12. The molecule has 0 aromatic rings. The second-order valence-corrected chi connectivity index (χ2v) is 6.22. The molecule has 0 spiro atoms. The Bertz CT molecular complexity index is 225. The van der Waals surface area contributed by atoms with Crippen LogP contribution in [0, 0.1) is 0 Å². The Kier molecular flexibility index (Phi) is 3.26. The minimum Gasteiger partial charge on any atom is -0.368 e. The third-order valence-corrected chi connectivity index (χ3v) is 5.47. The minimum absolute atomic E-state index is 0.721. The molecule has 0 amide bonds. The maximum atomic E-state index is 10.5. The Morgan fingerprint density at radius 2 is 1.33 bits per heavy atom. The molecule has 12 heavy (non-hydrogen) atoms. The lowest BCUT2D eigenvalue weighted by molar-refractivity contribution is 0.127. The molecule has 0 aromatic carbocycles. The molecule has 7 nitrogen and oxygen atoms in total. The van der Waals surface area contributed by atoms with Crippen molar-refractivity contribution < 1.29 is 33.8 Å². The summed E-state index contributed by atoms with van der Waals surface area (Å²) < 4.78 is 21.0. The predicted molar refractivity (Wildman–Crippen MR) is 39.3 cm³/mol. The van der Waals surface area contributed by atoms with E-state index in [1.54, 1.807) is 0 Å². The summed E-state index contributed by atoms with van der Waals surface area (Å²) in [5.41, 5.74) is 0. The van der Waals surface area contributed by atoms with Crippen molar-refractivity contribution in [2.45, 2.75) is 18.4 Å². The van der Waals surface area contributed by atoms with Gasteiger partial charge in [0.1, 0.15) is 0 Å². The molecule has 9 heteroatoms. The molecule has 0 radical (unpaired) electrons. The van der Waals surface area contributed by atoms with Gasteiger partial charge in [0.25, 0.3) is 5.08 Å². The normalized spacial score (nSPS) is 14.8. The van der Waals surface area contributed by atoms with E-state index in [-0.39, 0.29) is 0 Å². The second-order valence-electron chi connectivity index (χ2n) is 2.22. The first-order chi connectivity index (χ1) is 5.06. The highest BCUT2D eigenvalue weighted by Gasteiger charge is 2.57. The summed E-state index contributed by atoms with van der Waals surface area (Å²) in [6.07, 6.45) is -0.721. The first kappa shape index (κ1) is 12.3. The van der Waals surface area contributed by atoms with Crippen molar-refractivity contribution in [3.63, 3.8) is 0 Å². The minimum atomic E-state index is -5.22. The van der Waals surface area contributed by atoms with Gasteiger partial charge in [0.2, 0.25) is 0 Å². The monoisotopic (exact) mass is 220 g/mol. The lowest BCUT2D eigenvalue weighted by Gasteiger charge is -2.27. The molecule has 0 saturated heterocycles. The van der Waals surface area contributed by atoms with Crippen LogP contribution in [0.2, 0.25) is 0 Å². The molecular formula is C3H10O7P2. The summed E-state index contributed by atoms with van der Waals surface area (Å²) in [4.78, 5) is 33.8. The van der Waals surface area contributed by atoms with Crippen LogP contribution in [0.25, 0.3) is 0 Å². The Hall–Kier alpha value is 0.260. The third-order valence-electron chi connectivity index (χ3n) is 1.41. The molecule has 0 aromatic heterocycles. The van der Waals surface area contributed by atoms with Gasteiger partial charge >= 0.3 is 15.2 Å². The van der Waals surface area contributed by atoms with E-state index in [9.17, 15) is 9.13 Å². The van der Waals surface area contributed by atoms with Crippen LogP contribution in [0.3, 0.4) is 0 Å². The molecule has 0 aliphatic rings. The van der Waals surface area contributed by atoms with Gasteiger partial charge in [0.05, 0.1) is 0 Å². The highest BCUT2D eigenvalue weighted by molar-refractivity contribution is 7.72. The van der Waals surface area contributed by atoms with Gasteiger partial charge in [0.15, 0.2) is 0 Å². The quantitative estimate of drug-likeness (QED) is 0.400. The lowest BCUT2D eigenvalue weighted by atomic mass is 10.5. The van der Waals surface area contributed by atoms with Crippen LogP contribution >= 0.6 is 15.2 Å². The molecule has 74 valence electrons. The van der Waals surface area contributed by atoms with Crippen molar-refractivity contribution in [2.75, 3.05) is 0 Å². The highest BCUT2D eigenvalue weighted by Crippen LogP contribution is 2.68. The summed E-state index contributed by atoms with van der Waals surface area (Å²) in [6, 6.07) is 0. The van der Waals surface area contributed by atoms with Gasteiger partial charge in [-0.15, -0.1) is 0 Å². The zero-order chi connectivity index (χ0) is 10.2. The van der Waals surface area contributed by atoms with E-state index in [0.717, 1.165) is 6.92 Å². The molecule has 0 aliphatic carbocycles. The maximum Gasteiger partial charge on any atom is 0.369 e. The van der Waals surface area contributed by atoms with Gasteiger partial charge < -0.3 is 24.7 Å². The molecule has 0 rings (SSSR count). The summed E-state index contributed by atoms with van der Waals surface area (Å²) in [5.74, 6) is 0. The summed E-state index contributed by atoms with van der Waals surface area (Å²) in [7, 11) is -10.4. The van der Waals surface area contributed by atoms with Crippen LogP contribution in [-0.4, -0.2) is 29.8 Å². The first-order valence-electron chi connectivity index (χ1n) is 2.90. The fourth-order valence-electron chi connectivity index (χ4n) is 0.582. The smallest absolute Gasteiger partial charge is 0.368 e. The second kappa shape index (κ2) is 3.20. The number of hydrogen-bond acceptors (Lipinski definition) is 3. The summed E-state index contributed by atoms with van der Waals surface area (Å²) in [5, 5.41) is 5.72. The van der Waals surface area contributed by atoms with Crippen LogP contribution in [0.1, 0.15) is 13.3 Å². The van der Waals surface area contributed by atoms with Crippen LogP contribution in [0.15, 0.2) is 0 Å². The van der Waals surface area contributed by atoms with E-state index >= 15 is 0 Å². The number of hydrogen-bond donors (Lipinski definition) is 5. The fourth-order valence-corrected chi connectivity index (χ4v) is 2.76. The average molecular weight is 220 g/mol. The molecule has 0 bridgehead atoms. The molecule has 0 saturated carbocycles. The van der Waals surface area contributed by atoms with E-state index in [1.165, 1.54) is 0 Å². The molecule has 0 aliphatic heterocycles. The van der Waals surface area contributed by atoms with Crippen LogP contribution < -0.4 is 0 Å². The Morgan fingerprint density at radius 1 is 1.08 bits per heavy atom. The molecule has 0 fully saturated rings. The van der Waals surface area contributed by atoms with E-state index in [4.69, 9.17) is 24.7 Å². The van der Waals surface area contributed by atoms with E-state index in [2.05, 4.69) is 0 Å². The number of rotatable bonds is 3. The van der Waals surface area contributed by atoms with Gasteiger partial charge in [0, 0.05) is 0 Å². The van der Waals surface area contributed by atoms with Crippen molar-refractivity contribution in [1.29, 1.82) is 0 Å². The maximum absolute atomic E-state index is 10.5. The fraction of sp³-hybridized carbons (Fsp3) is 1.00. The zero-order valence-corrected chi connectivity index (χ0v) is 7.94. The van der Waals surface area contributed by atoms with E-state index in [1.807, 2.05) is 0 Å². The Balaban J connectivity index is 5.25. The topological polar surface area (TPSA) is 135 Å². The van der Waals surface area contributed by atoms with Gasteiger partial charge in [-0.05, 0) is 6.42 Å². The van der Waals surface area contributed by atoms with Crippen molar-refractivity contribution in [3.8, 4) is 0 Å². The van der Waals surface area contributed by atoms with Crippen molar-refractivity contribution in [3.05, 3.63) is 0 Å². The largest absolute Gasteiger partial charge is 0.369 e. The van der Waals surface area contributed by atoms with E-state index < -0.39 is 26.7 Å². The molecule has 0 unspecified atom stereocenters. The molecule has 0 atom stereocenters. The van der Waals surface area contributed by atoms with Gasteiger partial charge in [-0.1, -0.05) is 6.92 Å². The molecule has 5 N–H and O–H groups in total. The average Bonchev–Trinajstić information content (AvgIpc) is 1.81. The number of aliphatic hydroxyl groups is 1. The highest BCUT2D eigenvalue weighted by atomic mass is 31.2. The van der Waals surface area contributed by atoms with Crippen LogP contribution in [0.4, 0.5) is 0 Å². The zero-order valence-electron chi connectivity index (χ0n) is 6.15. The summed E-state index contributed by atoms with van der Waals surface area (Å²) in [6.45, 7) is 1.07. The lowest BCUT2D eigenvalue weighted by Crippen LogP contribution is -2.27. The summed E-state index contributed by atoms with van der Waals surface area (Å²) >= 11 is 0.